The maximum atomic E-state index is 6.30. The van der Waals surface area contributed by atoms with E-state index in [-0.39, 0.29) is 6.04 Å². The SMILES string of the molecule is CCCn1nncc1C(N)c1cccc(OCC)c1. The lowest BCUT2D eigenvalue weighted by Gasteiger charge is -2.14. The van der Waals surface area contributed by atoms with Crippen molar-refractivity contribution in [1.29, 1.82) is 0 Å². The van der Waals surface area contributed by atoms with Gasteiger partial charge in [-0.3, -0.25) is 0 Å². The molecular formula is C14H20N4O. The first-order valence-corrected chi connectivity index (χ1v) is 6.63. The van der Waals surface area contributed by atoms with Gasteiger partial charge in [0.15, 0.2) is 0 Å². The Balaban J connectivity index is 2.25. The number of hydrogen-bond donors (Lipinski definition) is 1. The molecule has 0 bridgehead atoms. The van der Waals surface area contributed by atoms with E-state index < -0.39 is 0 Å². The van der Waals surface area contributed by atoms with Gasteiger partial charge in [-0.15, -0.1) is 5.10 Å². The van der Waals surface area contributed by atoms with E-state index in [1.165, 1.54) is 0 Å². The van der Waals surface area contributed by atoms with Crippen LogP contribution >= 0.6 is 0 Å². The Labute approximate surface area is 113 Å². The zero-order valence-corrected chi connectivity index (χ0v) is 11.4. The van der Waals surface area contributed by atoms with Gasteiger partial charge in [0.1, 0.15) is 5.75 Å². The molecule has 1 atom stereocenters. The van der Waals surface area contributed by atoms with Gasteiger partial charge >= 0.3 is 0 Å². The normalized spacial score (nSPS) is 12.4. The second-order valence-electron chi connectivity index (χ2n) is 4.37. The maximum absolute atomic E-state index is 6.30. The van der Waals surface area contributed by atoms with Crippen molar-refractivity contribution in [2.24, 2.45) is 5.73 Å². The second kappa shape index (κ2) is 6.33. The van der Waals surface area contributed by atoms with Gasteiger partial charge in [-0.1, -0.05) is 24.3 Å². The van der Waals surface area contributed by atoms with Crippen LogP contribution in [-0.2, 0) is 6.54 Å². The number of nitrogens with zero attached hydrogens (tertiary/aromatic N) is 3. The number of rotatable bonds is 6. The van der Waals surface area contributed by atoms with Crippen molar-refractivity contribution in [2.45, 2.75) is 32.9 Å². The standard InChI is InChI=1S/C14H20N4O/c1-3-8-18-13(10-16-17-18)14(15)11-6-5-7-12(9-11)19-4-2/h5-7,9-10,14H,3-4,8,15H2,1-2H3. The molecule has 0 aliphatic carbocycles. The summed E-state index contributed by atoms with van der Waals surface area (Å²) in [7, 11) is 0. The zero-order valence-electron chi connectivity index (χ0n) is 11.4. The molecule has 1 heterocycles. The first kappa shape index (κ1) is 13.5. The third-order valence-corrected chi connectivity index (χ3v) is 2.93. The summed E-state index contributed by atoms with van der Waals surface area (Å²) < 4.78 is 7.36. The lowest BCUT2D eigenvalue weighted by Crippen LogP contribution is -2.17. The third kappa shape index (κ3) is 3.12. The van der Waals surface area contributed by atoms with Crippen molar-refractivity contribution in [3.8, 4) is 5.75 Å². The van der Waals surface area contributed by atoms with Gasteiger partial charge in [-0.25, -0.2) is 4.68 Å². The van der Waals surface area contributed by atoms with Crippen molar-refractivity contribution in [3.05, 3.63) is 41.7 Å². The molecule has 1 aromatic heterocycles. The summed E-state index contributed by atoms with van der Waals surface area (Å²) in [4.78, 5) is 0. The quantitative estimate of drug-likeness (QED) is 0.864. The van der Waals surface area contributed by atoms with Crippen LogP contribution in [0.4, 0.5) is 0 Å². The summed E-state index contributed by atoms with van der Waals surface area (Å²) in [5.41, 5.74) is 8.23. The minimum atomic E-state index is -0.234. The van der Waals surface area contributed by atoms with Crippen LogP contribution in [0.15, 0.2) is 30.5 Å². The highest BCUT2D eigenvalue weighted by molar-refractivity contribution is 5.33. The molecule has 2 rings (SSSR count). The molecule has 19 heavy (non-hydrogen) atoms. The molecule has 5 heteroatoms. The molecule has 1 aromatic carbocycles. The fourth-order valence-corrected chi connectivity index (χ4v) is 2.03. The second-order valence-corrected chi connectivity index (χ2v) is 4.37. The molecule has 5 nitrogen and oxygen atoms in total. The molecule has 102 valence electrons. The summed E-state index contributed by atoms with van der Waals surface area (Å²) in [5, 5.41) is 8.01. The van der Waals surface area contributed by atoms with Crippen LogP contribution in [0, 0.1) is 0 Å². The number of hydrogen-bond acceptors (Lipinski definition) is 4. The minimum Gasteiger partial charge on any atom is -0.494 e. The van der Waals surface area contributed by atoms with Crippen LogP contribution in [0.5, 0.6) is 5.75 Å². The highest BCUT2D eigenvalue weighted by Crippen LogP contribution is 2.22. The Morgan fingerprint density at radius 1 is 1.37 bits per heavy atom. The summed E-state index contributed by atoms with van der Waals surface area (Å²) in [5.74, 6) is 0.838. The van der Waals surface area contributed by atoms with E-state index in [1.54, 1.807) is 6.20 Å². The lowest BCUT2D eigenvalue weighted by atomic mass is 10.0. The van der Waals surface area contributed by atoms with E-state index in [4.69, 9.17) is 10.5 Å². The Kier molecular flexibility index (Phi) is 4.52. The van der Waals surface area contributed by atoms with Gasteiger partial charge in [0.05, 0.1) is 24.5 Å². The molecule has 2 N–H and O–H groups in total. The van der Waals surface area contributed by atoms with Crippen molar-refractivity contribution < 1.29 is 4.74 Å². The van der Waals surface area contributed by atoms with Gasteiger partial charge in [-0.2, -0.15) is 0 Å². The molecule has 2 aromatic rings. The van der Waals surface area contributed by atoms with Crippen molar-refractivity contribution in [1.82, 2.24) is 15.0 Å². The topological polar surface area (TPSA) is 66.0 Å². The predicted molar refractivity (Wildman–Crippen MR) is 74.0 cm³/mol. The molecule has 0 amide bonds. The molecule has 1 unspecified atom stereocenters. The molecule has 0 aliphatic heterocycles. The van der Waals surface area contributed by atoms with E-state index in [0.717, 1.165) is 30.0 Å². The largest absolute Gasteiger partial charge is 0.494 e. The summed E-state index contributed by atoms with van der Waals surface area (Å²) in [6, 6.07) is 7.62. The van der Waals surface area contributed by atoms with Crippen LogP contribution in [0.1, 0.15) is 37.6 Å². The van der Waals surface area contributed by atoms with Gasteiger partial charge in [0, 0.05) is 6.54 Å². The summed E-state index contributed by atoms with van der Waals surface area (Å²) in [6.45, 7) is 5.54. The van der Waals surface area contributed by atoms with Crippen molar-refractivity contribution in [3.63, 3.8) is 0 Å². The number of aryl methyl sites for hydroxylation is 1. The van der Waals surface area contributed by atoms with Gasteiger partial charge in [0.25, 0.3) is 0 Å². The fraction of sp³-hybridized carbons (Fsp3) is 0.429. The lowest BCUT2D eigenvalue weighted by molar-refractivity contribution is 0.339. The Morgan fingerprint density at radius 2 is 2.21 bits per heavy atom. The maximum Gasteiger partial charge on any atom is 0.119 e. The van der Waals surface area contributed by atoms with Crippen LogP contribution in [0.25, 0.3) is 0 Å². The first-order chi connectivity index (χ1) is 9.26. The minimum absolute atomic E-state index is 0.234. The fourth-order valence-electron chi connectivity index (χ4n) is 2.03. The zero-order chi connectivity index (χ0) is 13.7. The van der Waals surface area contributed by atoms with Crippen molar-refractivity contribution >= 4 is 0 Å². The van der Waals surface area contributed by atoms with Crippen LogP contribution in [0.2, 0.25) is 0 Å². The average molecular weight is 260 g/mol. The molecule has 0 radical (unpaired) electrons. The average Bonchev–Trinajstić information content (AvgIpc) is 2.87. The van der Waals surface area contributed by atoms with E-state index in [2.05, 4.69) is 17.2 Å². The van der Waals surface area contributed by atoms with E-state index in [0.29, 0.717) is 6.61 Å². The number of ether oxygens (including phenoxy) is 1. The predicted octanol–water partition coefficient (Wildman–Crippen LogP) is 2.13. The number of nitrogens with two attached hydrogens (primary N) is 1. The summed E-state index contributed by atoms with van der Waals surface area (Å²) in [6.07, 6.45) is 2.73. The van der Waals surface area contributed by atoms with Gasteiger partial charge < -0.3 is 10.5 Å². The molecule has 0 saturated carbocycles. The molecular weight excluding hydrogens is 240 g/mol. The Bertz CT molecular complexity index is 524. The highest BCUT2D eigenvalue weighted by atomic mass is 16.5. The van der Waals surface area contributed by atoms with Crippen molar-refractivity contribution in [2.75, 3.05) is 6.61 Å². The molecule has 0 spiro atoms. The van der Waals surface area contributed by atoms with E-state index in [9.17, 15) is 0 Å². The Hall–Kier alpha value is -1.88. The van der Waals surface area contributed by atoms with E-state index >= 15 is 0 Å². The van der Waals surface area contributed by atoms with E-state index in [1.807, 2.05) is 35.9 Å². The highest BCUT2D eigenvalue weighted by Gasteiger charge is 2.15. The monoisotopic (exact) mass is 260 g/mol. The first-order valence-electron chi connectivity index (χ1n) is 6.63. The van der Waals surface area contributed by atoms with Crippen LogP contribution < -0.4 is 10.5 Å². The smallest absolute Gasteiger partial charge is 0.119 e. The van der Waals surface area contributed by atoms with Crippen LogP contribution in [-0.4, -0.2) is 21.6 Å². The summed E-state index contributed by atoms with van der Waals surface area (Å²) >= 11 is 0. The molecule has 0 saturated heterocycles. The van der Waals surface area contributed by atoms with Gasteiger partial charge in [-0.05, 0) is 31.0 Å². The van der Waals surface area contributed by atoms with Crippen LogP contribution in [0.3, 0.4) is 0 Å². The number of aromatic nitrogens is 3. The molecule has 0 fully saturated rings. The van der Waals surface area contributed by atoms with Gasteiger partial charge in [0.2, 0.25) is 0 Å². The molecule has 0 aliphatic rings. The Morgan fingerprint density at radius 3 is 2.95 bits per heavy atom. The number of benzene rings is 1. The third-order valence-electron chi connectivity index (χ3n) is 2.93.